The molecule has 0 amide bonds. The minimum Gasteiger partial charge on any atom is -0.363 e. The van der Waals surface area contributed by atoms with Crippen LogP contribution in [0.5, 0.6) is 0 Å². The van der Waals surface area contributed by atoms with Gasteiger partial charge in [-0.05, 0) is 0 Å². The van der Waals surface area contributed by atoms with E-state index in [2.05, 4.69) is 21.2 Å². The van der Waals surface area contributed by atoms with Crippen LogP contribution in [-0.2, 0) is 0 Å². The van der Waals surface area contributed by atoms with Crippen molar-refractivity contribution in [2.24, 2.45) is 0 Å². The number of rotatable bonds is 0. The lowest BCUT2D eigenvalue weighted by atomic mass is 11.4. The highest BCUT2D eigenvalue weighted by Crippen LogP contribution is 1.75. The van der Waals surface area contributed by atoms with Crippen molar-refractivity contribution in [3.05, 3.63) is 15.5 Å². The molecule has 1 N–H and O–H groups in total. The number of hydrogen-bond acceptors (Lipinski definition) is 4. The van der Waals surface area contributed by atoms with Gasteiger partial charge in [0, 0.05) is 12.2 Å². The van der Waals surface area contributed by atoms with Crippen molar-refractivity contribution in [2.45, 2.75) is 0 Å². The van der Waals surface area contributed by atoms with E-state index in [1.165, 1.54) is 0 Å². The minimum absolute atomic E-state index is 0.176. The topological polar surface area (TPSA) is 59.1 Å². The fraction of sp³-hybridized carbons (Fsp3) is 0. The van der Waals surface area contributed by atoms with Gasteiger partial charge in [0.25, 0.3) is 0 Å². The van der Waals surface area contributed by atoms with Gasteiger partial charge in [0.05, 0.1) is 0 Å². The van der Waals surface area contributed by atoms with E-state index in [-0.39, 0.29) is 4.90 Å². The van der Waals surface area contributed by atoms with Crippen LogP contribution < -0.4 is 5.76 Å². The SMILES string of the molecule is O=c1[nH]oc(=S)o1. The van der Waals surface area contributed by atoms with Gasteiger partial charge in [-0.2, -0.15) is 0 Å². The molecule has 1 aromatic heterocycles. The molecule has 0 spiro atoms. The van der Waals surface area contributed by atoms with Crippen LogP contribution in [0.15, 0.2) is 13.7 Å². The molecule has 0 saturated carbocycles. The smallest absolute Gasteiger partial charge is 0.363 e. The summed E-state index contributed by atoms with van der Waals surface area (Å²) in [6.07, 6.45) is 0. The highest BCUT2D eigenvalue weighted by molar-refractivity contribution is 7.71. The summed E-state index contributed by atoms with van der Waals surface area (Å²) in [4.78, 5) is 9.73. The van der Waals surface area contributed by atoms with Gasteiger partial charge in [-0.15, -0.1) is 5.16 Å². The minimum atomic E-state index is -0.662. The van der Waals surface area contributed by atoms with E-state index in [0.717, 1.165) is 0 Å². The van der Waals surface area contributed by atoms with Crippen molar-refractivity contribution >= 4 is 12.2 Å². The number of H-pyrrole nitrogens is 1. The first-order chi connectivity index (χ1) is 3.29. The fourth-order valence-corrected chi connectivity index (χ4v) is 0.318. The lowest BCUT2D eigenvalue weighted by Crippen LogP contribution is -1.92. The first kappa shape index (κ1) is 4.32. The van der Waals surface area contributed by atoms with Crippen LogP contribution in [0.3, 0.4) is 0 Å². The summed E-state index contributed by atoms with van der Waals surface area (Å²) in [5.74, 6) is -0.662. The molecule has 1 aromatic rings. The van der Waals surface area contributed by atoms with Crippen molar-refractivity contribution in [3.8, 4) is 0 Å². The first-order valence-corrected chi connectivity index (χ1v) is 1.88. The summed E-state index contributed by atoms with van der Waals surface area (Å²) in [6, 6.07) is 0. The molecule has 0 aromatic carbocycles. The molecule has 4 nitrogen and oxygen atoms in total. The molecular formula is C2HNO3S. The largest absolute Gasteiger partial charge is 0.449 e. The Hall–Kier alpha value is -0.840. The predicted octanol–water partition coefficient (Wildman–Crippen LogP) is 0.290. The second-order valence-corrected chi connectivity index (χ2v) is 1.18. The molecule has 0 aliphatic carbocycles. The lowest BCUT2D eigenvalue weighted by molar-refractivity contribution is 0.363. The molecular weight excluding hydrogens is 118 g/mol. The van der Waals surface area contributed by atoms with E-state index < -0.39 is 5.76 Å². The van der Waals surface area contributed by atoms with Gasteiger partial charge < -0.3 is 8.94 Å². The van der Waals surface area contributed by atoms with Crippen LogP contribution in [-0.4, -0.2) is 5.16 Å². The Balaban J connectivity index is 3.59. The molecule has 5 heteroatoms. The van der Waals surface area contributed by atoms with Gasteiger partial charge in [0.2, 0.25) is 0 Å². The molecule has 38 valence electrons. The molecule has 0 fully saturated rings. The third-order valence-corrected chi connectivity index (χ3v) is 0.560. The normalized spacial score (nSPS) is 9.14. The van der Waals surface area contributed by atoms with Crippen LogP contribution in [0.1, 0.15) is 0 Å². The molecule has 0 saturated heterocycles. The number of nitrogens with one attached hydrogen (secondary N) is 1. The first-order valence-electron chi connectivity index (χ1n) is 1.47. The van der Waals surface area contributed by atoms with Gasteiger partial charge in [0.1, 0.15) is 0 Å². The predicted molar refractivity (Wildman–Crippen MR) is 22.4 cm³/mol. The van der Waals surface area contributed by atoms with E-state index in [1.54, 1.807) is 0 Å². The fourth-order valence-electron chi connectivity index (χ4n) is 0.201. The molecule has 0 atom stereocenters. The van der Waals surface area contributed by atoms with Gasteiger partial charge in [-0.25, -0.2) is 4.79 Å². The van der Waals surface area contributed by atoms with Crippen LogP contribution in [0.2, 0.25) is 0 Å². The number of aromatic nitrogens is 1. The lowest BCUT2D eigenvalue weighted by Gasteiger charge is -1.50. The van der Waals surface area contributed by atoms with Gasteiger partial charge in [0.15, 0.2) is 0 Å². The van der Waals surface area contributed by atoms with Crippen LogP contribution in [0.25, 0.3) is 0 Å². The molecule has 0 bridgehead atoms. The average molecular weight is 119 g/mol. The molecule has 1 rings (SSSR count). The average Bonchev–Trinajstić information content (AvgIpc) is 1.87. The van der Waals surface area contributed by atoms with Crippen molar-refractivity contribution < 1.29 is 8.94 Å². The highest BCUT2D eigenvalue weighted by atomic mass is 32.1. The summed E-state index contributed by atoms with van der Waals surface area (Å²) in [7, 11) is 0. The van der Waals surface area contributed by atoms with Gasteiger partial charge in [-0.3, -0.25) is 0 Å². The molecule has 7 heavy (non-hydrogen) atoms. The zero-order valence-electron chi connectivity index (χ0n) is 3.13. The van der Waals surface area contributed by atoms with Gasteiger partial charge in [-0.1, -0.05) is 0 Å². The Morgan fingerprint density at radius 3 is 2.57 bits per heavy atom. The Labute approximate surface area is 42.7 Å². The third-order valence-electron chi connectivity index (χ3n) is 0.394. The Morgan fingerprint density at radius 2 is 2.43 bits per heavy atom. The van der Waals surface area contributed by atoms with E-state index in [9.17, 15) is 4.79 Å². The second kappa shape index (κ2) is 1.34. The number of hydrogen-bond donors (Lipinski definition) is 1. The molecule has 0 radical (unpaired) electrons. The standard InChI is InChI=1S/C2HNO3S/c4-1-3-6-2(7)5-1/h(H,3,4). The van der Waals surface area contributed by atoms with Crippen LogP contribution >= 0.6 is 12.2 Å². The van der Waals surface area contributed by atoms with Crippen LogP contribution in [0.4, 0.5) is 0 Å². The van der Waals surface area contributed by atoms with Crippen molar-refractivity contribution in [3.63, 3.8) is 0 Å². The maximum absolute atomic E-state index is 9.91. The molecule has 0 aliphatic heterocycles. The zero-order valence-corrected chi connectivity index (χ0v) is 3.95. The Bertz CT molecular complexity index is 217. The molecule has 0 unspecified atom stereocenters. The van der Waals surface area contributed by atoms with Crippen LogP contribution in [0, 0.1) is 4.90 Å². The quantitative estimate of drug-likeness (QED) is 0.498. The third kappa shape index (κ3) is 0.774. The van der Waals surface area contributed by atoms with Crippen molar-refractivity contribution in [1.82, 2.24) is 5.16 Å². The number of aromatic amines is 1. The Morgan fingerprint density at radius 1 is 1.71 bits per heavy atom. The summed E-state index contributed by atoms with van der Waals surface area (Å²) in [5.41, 5.74) is 0. The monoisotopic (exact) mass is 119 g/mol. The summed E-state index contributed by atoms with van der Waals surface area (Å²) in [5, 5.41) is 1.87. The van der Waals surface area contributed by atoms with E-state index in [1.807, 2.05) is 5.16 Å². The maximum Gasteiger partial charge on any atom is 0.449 e. The second-order valence-electron chi connectivity index (χ2n) is 0.844. The summed E-state index contributed by atoms with van der Waals surface area (Å²) >= 11 is 4.27. The van der Waals surface area contributed by atoms with Gasteiger partial charge >= 0.3 is 10.7 Å². The molecule has 0 aliphatic rings. The molecule has 1 heterocycles. The zero-order chi connectivity index (χ0) is 5.28. The van der Waals surface area contributed by atoms with Crippen molar-refractivity contribution in [1.29, 1.82) is 0 Å². The summed E-state index contributed by atoms with van der Waals surface area (Å²) in [6.45, 7) is 0. The summed E-state index contributed by atoms with van der Waals surface area (Å²) < 4.78 is 8.30. The highest BCUT2D eigenvalue weighted by Gasteiger charge is 1.83. The van der Waals surface area contributed by atoms with E-state index in [4.69, 9.17) is 0 Å². The Kier molecular flexibility index (Phi) is 0.828. The van der Waals surface area contributed by atoms with E-state index in [0.29, 0.717) is 0 Å². The van der Waals surface area contributed by atoms with E-state index >= 15 is 0 Å². The van der Waals surface area contributed by atoms with Crippen molar-refractivity contribution in [2.75, 3.05) is 0 Å². The maximum atomic E-state index is 9.91.